The first-order chi connectivity index (χ1) is 9.43. The van der Waals surface area contributed by atoms with Crippen molar-refractivity contribution in [3.63, 3.8) is 0 Å². The van der Waals surface area contributed by atoms with Crippen molar-refractivity contribution in [1.82, 2.24) is 0 Å². The summed E-state index contributed by atoms with van der Waals surface area (Å²) in [6.07, 6.45) is 2.13. The molecule has 19 heavy (non-hydrogen) atoms. The molecule has 3 rings (SSSR count). The minimum absolute atomic E-state index is 0.895. The molecule has 0 atom stereocenters. The Kier molecular flexibility index (Phi) is 3.37. The van der Waals surface area contributed by atoms with Gasteiger partial charge in [0.05, 0.1) is 0 Å². The molecule has 0 unspecified atom stereocenters. The topological polar surface area (TPSA) is 3.88 Å². The van der Waals surface area contributed by atoms with Crippen molar-refractivity contribution < 1.29 is 4.57 Å². The highest BCUT2D eigenvalue weighted by Crippen LogP contribution is 2.14. The molecule has 0 amide bonds. The summed E-state index contributed by atoms with van der Waals surface area (Å²) in [4.78, 5) is 0. The Labute approximate surface area is 113 Å². The Balaban J connectivity index is 1.99. The molecule has 1 aromatic heterocycles. The lowest BCUT2D eigenvalue weighted by atomic mass is 10.1. The van der Waals surface area contributed by atoms with Gasteiger partial charge in [-0.05, 0) is 18.2 Å². The number of pyridine rings is 1. The molecule has 0 aliphatic carbocycles. The fourth-order valence-electron chi connectivity index (χ4n) is 2.27. The van der Waals surface area contributed by atoms with Crippen LogP contribution in [0.15, 0.2) is 85.1 Å². The Morgan fingerprint density at radius 2 is 1.26 bits per heavy atom. The Bertz CT molecular complexity index is 645. The minimum Gasteiger partial charge on any atom is -0.194 e. The number of hydrogen-bond donors (Lipinski definition) is 0. The normalized spacial score (nSPS) is 10.3. The lowest BCUT2D eigenvalue weighted by molar-refractivity contribution is -0.677. The molecular weight excluding hydrogens is 230 g/mol. The summed E-state index contributed by atoms with van der Waals surface area (Å²) in [5.41, 5.74) is 3.81. The molecule has 1 heteroatoms. The predicted octanol–water partition coefficient (Wildman–Crippen LogP) is 3.69. The van der Waals surface area contributed by atoms with Gasteiger partial charge in [0, 0.05) is 23.3 Å². The number of benzene rings is 2. The molecule has 92 valence electrons. The fraction of sp³-hybridized carbons (Fsp3) is 0.0556. The monoisotopic (exact) mass is 246 g/mol. The van der Waals surface area contributed by atoms with Crippen molar-refractivity contribution >= 4 is 0 Å². The molecule has 1 nitrogen and oxygen atoms in total. The maximum absolute atomic E-state index is 2.28. The number of rotatable bonds is 3. The number of hydrogen-bond acceptors (Lipinski definition) is 0. The molecule has 1 heterocycles. The quantitative estimate of drug-likeness (QED) is 0.621. The zero-order valence-electron chi connectivity index (χ0n) is 10.7. The first-order valence-corrected chi connectivity index (χ1v) is 6.51. The van der Waals surface area contributed by atoms with Gasteiger partial charge < -0.3 is 0 Å². The fourth-order valence-corrected chi connectivity index (χ4v) is 2.27. The molecule has 0 aliphatic rings. The van der Waals surface area contributed by atoms with Crippen LogP contribution in [0.1, 0.15) is 5.56 Å². The lowest BCUT2D eigenvalue weighted by Gasteiger charge is -2.04. The second kappa shape index (κ2) is 5.49. The molecule has 0 spiro atoms. The zero-order chi connectivity index (χ0) is 12.9. The number of nitrogens with zero attached hydrogens (tertiary/aromatic N) is 1. The summed E-state index contributed by atoms with van der Waals surface area (Å²) in [5.74, 6) is 0. The van der Waals surface area contributed by atoms with Crippen molar-refractivity contribution in [3.8, 4) is 11.3 Å². The maximum Gasteiger partial charge on any atom is 0.212 e. The first kappa shape index (κ1) is 11.7. The molecule has 0 N–H and O–H groups in total. The van der Waals surface area contributed by atoms with Crippen molar-refractivity contribution in [3.05, 3.63) is 90.6 Å². The third-order valence-corrected chi connectivity index (χ3v) is 3.21. The van der Waals surface area contributed by atoms with Crippen LogP contribution in [0.3, 0.4) is 0 Å². The average Bonchev–Trinajstić information content (AvgIpc) is 2.50. The van der Waals surface area contributed by atoms with Crippen molar-refractivity contribution in [2.45, 2.75) is 6.54 Å². The Morgan fingerprint density at radius 1 is 0.632 bits per heavy atom. The highest BCUT2D eigenvalue weighted by molar-refractivity contribution is 5.55. The Hall–Kier alpha value is -2.41. The van der Waals surface area contributed by atoms with Crippen molar-refractivity contribution in [2.24, 2.45) is 0 Å². The van der Waals surface area contributed by atoms with E-state index in [-0.39, 0.29) is 0 Å². The van der Waals surface area contributed by atoms with Gasteiger partial charge >= 0.3 is 0 Å². The van der Waals surface area contributed by atoms with Gasteiger partial charge in [-0.25, -0.2) is 0 Å². The summed E-state index contributed by atoms with van der Waals surface area (Å²) in [6.45, 7) is 0.895. The van der Waals surface area contributed by atoms with Gasteiger partial charge in [-0.15, -0.1) is 0 Å². The van der Waals surface area contributed by atoms with Crippen LogP contribution in [0.25, 0.3) is 11.3 Å². The smallest absolute Gasteiger partial charge is 0.194 e. The van der Waals surface area contributed by atoms with E-state index < -0.39 is 0 Å². The van der Waals surface area contributed by atoms with E-state index in [1.54, 1.807) is 0 Å². The van der Waals surface area contributed by atoms with Crippen molar-refractivity contribution in [1.29, 1.82) is 0 Å². The van der Waals surface area contributed by atoms with E-state index >= 15 is 0 Å². The van der Waals surface area contributed by atoms with Gasteiger partial charge in [0.15, 0.2) is 12.7 Å². The zero-order valence-corrected chi connectivity index (χ0v) is 10.7. The molecule has 0 saturated carbocycles. The SMILES string of the molecule is c1ccc(C[n+]2ccccc2-c2ccccc2)cc1. The van der Waals surface area contributed by atoms with Crippen LogP contribution in [0, 0.1) is 0 Å². The molecule has 0 bridgehead atoms. The van der Waals surface area contributed by atoms with E-state index in [1.807, 2.05) is 6.07 Å². The summed E-state index contributed by atoms with van der Waals surface area (Å²) < 4.78 is 2.28. The molecule has 0 saturated heterocycles. The summed E-state index contributed by atoms with van der Waals surface area (Å²) in [5, 5.41) is 0. The van der Waals surface area contributed by atoms with Crippen LogP contribution in [-0.2, 0) is 6.54 Å². The van der Waals surface area contributed by atoms with Crippen LogP contribution in [0.4, 0.5) is 0 Å². The van der Waals surface area contributed by atoms with Crippen LogP contribution >= 0.6 is 0 Å². The van der Waals surface area contributed by atoms with Gasteiger partial charge in [-0.1, -0.05) is 48.5 Å². The predicted molar refractivity (Wildman–Crippen MR) is 77.6 cm³/mol. The average molecular weight is 246 g/mol. The molecule has 2 aromatic carbocycles. The Morgan fingerprint density at radius 3 is 2.00 bits per heavy atom. The number of aromatic nitrogens is 1. The second-order valence-electron chi connectivity index (χ2n) is 4.57. The largest absolute Gasteiger partial charge is 0.212 e. The van der Waals surface area contributed by atoms with Gasteiger partial charge in [-0.2, -0.15) is 4.57 Å². The van der Waals surface area contributed by atoms with Crippen LogP contribution in [0.2, 0.25) is 0 Å². The summed E-state index contributed by atoms with van der Waals surface area (Å²) in [6, 6.07) is 27.4. The van der Waals surface area contributed by atoms with E-state index in [0.717, 1.165) is 6.54 Å². The molecule has 3 aromatic rings. The second-order valence-corrected chi connectivity index (χ2v) is 4.57. The van der Waals surface area contributed by atoms with Gasteiger partial charge in [0.2, 0.25) is 5.69 Å². The third kappa shape index (κ3) is 2.71. The van der Waals surface area contributed by atoms with Crippen LogP contribution < -0.4 is 4.57 Å². The molecule has 0 radical (unpaired) electrons. The third-order valence-electron chi connectivity index (χ3n) is 3.21. The standard InChI is InChI=1S/C18H16N/c1-3-9-16(10-4-1)15-19-14-8-7-13-18(19)17-11-5-2-6-12-17/h1-14H,15H2/q+1. The summed E-state index contributed by atoms with van der Waals surface area (Å²) in [7, 11) is 0. The van der Waals surface area contributed by atoms with Crippen LogP contribution in [0.5, 0.6) is 0 Å². The van der Waals surface area contributed by atoms with Crippen LogP contribution in [-0.4, -0.2) is 0 Å². The van der Waals surface area contributed by atoms with Gasteiger partial charge in [-0.3, -0.25) is 0 Å². The van der Waals surface area contributed by atoms with Gasteiger partial charge in [0.25, 0.3) is 0 Å². The minimum atomic E-state index is 0.895. The summed E-state index contributed by atoms with van der Waals surface area (Å²) >= 11 is 0. The van der Waals surface area contributed by atoms with Gasteiger partial charge in [0.1, 0.15) is 0 Å². The molecule has 0 aliphatic heterocycles. The molecular formula is C18H16N+. The van der Waals surface area contributed by atoms with E-state index in [0.29, 0.717) is 0 Å². The van der Waals surface area contributed by atoms with E-state index in [9.17, 15) is 0 Å². The highest BCUT2D eigenvalue weighted by atomic mass is 15.0. The van der Waals surface area contributed by atoms with Crippen molar-refractivity contribution in [2.75, 3.05) is 0 Å². The first-order valence-electron chi connectivity index (χ1n) is 6.51. The maximum atomic E-state index is 2.28. The van der Waals surface area contributed by atoms with E-state index in [4.69, 9.17) is 0 Å². The van der Waals surface area contributed by atoms with E-state index in [1.165, 1.54) is 16.8 Å². The van der Waals surface area contributed by atoms with E-state index in [2.05, 4.69) is 83.6 Å². The highest BCUT2D eigenvalue weighted by Gasteiger charge is 2.11. The lowest BCUT2D eigenvalue weighted by Crippen LogP contribution is -2.36. The molecule has 0 fully saturated rings.